The molecule has 3 aliphatic heterocycles. The van der Waals surface area contributed by atoms with Crippen molar-refractivity contribution in [2.45, 2.75) is 249 Å². The number of amides is 1. The Kier molecular flexibility index (Phi) is 25.8. The minimum absolute atomic E-state index is 0. The van der Waals surface area contributed by atoms with Crippen LogP contribution in [-0.2, 0) is 38.0 Å². The van der Waals surface area contributed by atoms with E-state index >= 15 is 0 Å². The van der Waals surface area contributed by atoms with Crippen molar-refractivity contribution in [1.29, 1.82) is 0 Å². The van der Waals surface area contributed by atoms with Gasteiger partial charge >= 0.3 is 5.97 Å². The molecule has 3 rings (SSSR count). The summed E-state index contributed by atoms with van der Waals surface area (Å²) in [6.07, 6.45) is 1.98. The molecule has 15 nitrogen and oxygen atoms in total. The molecule has 3 fully saturated rings. The Bertz CT molecular complexity index is 1430. The number of nitrogens with zero attached hydrogens (tertiary/aromatic N) is 2. The number of ether oxygens (including phenoxy) is 6. The van der Waals surface area contributed by atoms with Crippen molar-refractivity contribution in [1.82, 2.24) is 9.80 Å². The van der Waals surface area contributed by atoms with Crippen molar-refractivity contribution < 1.29 is 63.5 Å². The Morgan fingerprint density at radius 1 is 0.864 bits per heavy atom. The molecule has 66 heavy (non-hydrogen) atoms. The van der Waals surface area contributed by atoms with Crippen LogP contribution >= 0.6 is 21.6 Å². The van der Waals surface area contributed by atoms with E-state index in [1.54, 1.807) is 53.4 Å². The van der Waals surface area contributed by atoms with E-state index in [4.69, 9.17) is 28.4 Å². The van der Waals surface area contributed by atoms with Gasteiger partial charge in [0.25, 0.3) is 0 Å². The molecule has 390 valence electrons. The van der Waals surface area contributed by atoms with Gasteiger partial charge in [-0.3, -0.25) is 9.59 Å². The van der Waals surface area contributed by atoms with E-state index in [1.807, 2.05) is 32.8 Å². The molecule has 0 spiro atoms. The average molecular weight is 986 g/mol. The molecular weight excluding hydrogens is 891 g/mol. The number of aliphatic hydroxyl groups excluding tert-OH is 3. The van der Waals surface area contributed by atoms with Crippen LogP contribution in [0.25, 0.3) is 0 Å². The van der Waals surface area contributed by atoms with Gasteiger partial charge in [0.2, 0.25) is 5.91 Å². The number of hydrogen-bond donors (Lipinski definition) is 5. The molecule has 1 amide bonds. The van der Waals surface area contributed by atoms with Gasteiger partial charge in [0, 0.05) is 38.5 Å². The van der Waals surface area contributed by atoms with Crippen molar-refractivity contribution in [2.24, 2.45) is 17.8 Å². The standard InChI is InChI=1S/C49H93N2O13P.ClH/c1-14-37-49(10,58)42(54)34(6)51(38(52)24-22-20-18-16-15-17-19-21-23-25-65)29-30(2)27-47(8,57)44(64-46-40(53)36(50(11)12)26-31(3)60-46)32(4)41(33(5)45(56)62-37)63-39-28-48(9,59-13)43(55)35(7)61-39;/h30-37,39-44,46,53-55,57-58H,14-29,65H2,1-13H3;1H/t30-,31-,32+,33-,34-,35+,36+,37-,39+,40-,41+,42-,43+,44-,46+,47-,48-,49-;/m1./s1. The topological polar surface area (TPSA) is 197 Å². The van der Waals surface area contributed by atoms with Gasteiger partial charge in [0.05, 0.1) is 47.6 Å². The maximum Gasteiger partial charge on any atom is 0.311 e. The van der Waals surface area contributed by atoms with Crippen LogP contribution < -0.4 is 0 Å². The largest absolute Gasteiger partial charge is 0.459 e. The fourth-order valence-corrected chi connectivity index (χ4v) is 10.9. The molecule has 0 bridgehead atoms. The first kappa shape index (κ1) is 61.3. The summed E-state index contributed by atoms with van der Waals surface area (Å²) >= 11 is 0. The highest BCUT2D eigenvalue weighted by Gasteiger charge is 2.53. The van der Waals surface area contributed by atoms with Crippen molar-refractivity contribution in [3.05, 3.63) is 0 Å². The van der Waals surface area contributed by atoms with Gasteiger partial charge in [0.15, 0.2) is 12.6 Å². The number of hydrogen-bond acceptors (Lipinski definition) is 14. The fourth-order valence-electron chi connectivity index (χ4n) is 10.6. The lowest BCUT2D eigenvalue weighted by molar-refractivity contribution is -0.318. The Balaban J connectivity index is 0.0000150. The summed E-state index contributed by atoms with van der Waals surface area (Å²) in [5, 5.41) is 59.8. The van der Waals surface area contributed by atoms with Crippen LogP contribution in [0.4, 0.5) is 0 Å². The van der Waals surface area contributed by atoms with Gasteiger partial charge in [-0.15, -0.1) is 21.6 Å². The second-order valence-corrected chi connectivity index (χ2v) is 21.6. The number of esters is 1. The highest BCUT2D eigenvalue weighted by Crippen LogP contribution is 2.40. The summed E-state index contributed by atoms with van der Waals surface area (Å²) in [7, 11) is 8.04. The molecule has 3 heterocycles. The molecule has 0 saturated carbocycles. The molecule has 0 radical (unpaired) electrons. The highest BCUT2D eigenvalue weighted by atomic mass is 35.5. The van der Waals surface area contributed by atoms with Gasteiger partial charge in [-0.2, -0.15) is 0 Å². The van der Waals surface area contributed by atoms with Crippen LogP contribution in [0.5, 0.6) is 0 Å². The number of likely N-dealkylation sites (N-methyl/N-ethyl adjacent to an activating group) is 1. The lowest BCUT2D eigenvalue weighted by atomic mass is 9.77. The third kappa shape index (κ3) is 16.4. The minimum Gasteiger partial charge on any atom is -0.459 e. The SMILES string of the molecule is CC[C@H]1OC(=O)[C@H](C)[C@@H](O[C@H]2C[C@@](C)(OC)[C@@H](O)[C@H](C)O2)[C@H](C)[C@@H](O[C@@H]2O[C@H](C)C[C@H](N(C)C)[C@H]2O)[C@](C)(O)C[C@@H](C)CN(C(=O)CCCCCCCCCCCP)[C@H](C)[C@@H](O)[C@]1(C)O.Cl. The summed E-state index contributed by atoms with van der Waals surface area (Å²) < 4.78 is 38.0. The van der Waals surface area contributed by atoms with Crippen LogP contribution in [0.1, 0.15) is 159 Å². The summed E-state index contributed by atoms with van der Waals surface area (Å²) in [5.74, 6) is -3.19. The van der Waals surface area contributed by atoms with Crippen LogP contribution in [-0.4, -0.2) is 171 Å². The quantitative estimate of drug-likeness (QED) is 0.0610. The molecule has 3 aliphatic rings. The van der Waals surface area contributed by atoms with Gasteiger partial charge in [0.1, 0.15) is 30.0 Å². The molecule has 0 aromatic carbocycles. The Hall–Kier alpha value is -0.780. The molecule has 0 aromatic rings. The van der Waals surface area contributed by atoms with E-state index in [0.29, 0.717) is 12.8 Å². The van der Waals surface area contributed by atoms with Gasteiger partial charge in [-0.05, 0) is 107 Å². The Labute approximate surface area is 406 Å². The third-order valence-electron chi connectivity index (χ3n) is 14.8. The van der Waals surface area contributed by atoms with E-state index in [0.717, 1.165) is 25.4 Å². The summed E-state index contributed by atoms with van der Waals surface area (Å²) in [6.45, 7) is 17.4. The highest BCUT2D eigenvalue weighted by molar-refractivity contribution is 7.16. The lowest BCUT2D eigenvalue weighted by Gasteiger charge is -2.48. The van der Waals surface area contributed by atoms with Crippen LogP contribution in [0.2, 0.25) is 0 Å². The molecule has 17 heteroatoms. The number of carbonyl (C=O) groups excluding carboxylic acids is 2. The smallest absolute Gasteiger partial charge is 0.311 e. The number of halogens is 1. The number of aliphatic hydroxyl groups is 5. The number of carbonyl (C=O) groups is 2. The number of cyclic esters (lactones) is 1. The summed E-state index contributed by atoms with van der Waals surface area (Å²) in [5.41, 5.74) is -4.73. The first-order valence-electron chi connectivity index (χ1n) is 24.9. The zero-order valence-corrected chi connectivity index (χ0v) is 44.8. The van der Waals surface area contributed by atoms with Crippen molar-refractivity contribution in [3.63, 3.8) is 0 Å². The molecule has 1 unspecified atom stereocenters. The van der Waals surface area contributed by atoms with E-state index in [9.17, 15) is 35.1 Å². The maximum atomic E-state index is 14.5. The Morgan fingerprint density at radius 3 is 1.98 bits per heavy atom. The normalized spacial score (nSPS) is 41.1. The second kappa shape index (κ2) is 27.7. The molecule has 0 aliphatic carbocycles. The van der Waals surface area contributed by atoms with E-state index < -0.39 is 96.0 Å². The van der Waals surface area contributed by atoms with E-state index in [1.165, 1.54) is 46.1 Å². The fraction of sp³-hybridized carbons (Fsp3) is 0.959. The molecule has 5 N–H and O–H groups in total. The number of unbranched alkanes of at least 4 members (excludes halogenated alkanes) is 8. The molecule has 0 aromatic heterocycles. The van der Waals surface area contributed by atoms with Gasteiger partial charge in [-0.25, -0.2) is 0 Å². The predicted octanol–water partition coefficient (Wildman–Crippen LogP) is 6.00. The molecular formula is C49H94ClN2O13P. The first-order valence-corrected chi connectivity index (χ1v) is 25.7. The second-order valence-electron chi connectivity index (χ2n) is 21.0. The van der Waals surface area contributed by atoms with Crippen LogP contribution in [0, 0.1) is 17.8 Å². The van der Waals surface area contributed by atoms with E-state index in [-0.39, 0.29) is 68.6 Å². The third-order valence-corrected chi connectivity index (χ3v) is 15.2. The molecule has 3 saturated heterocycles. The van der Waals surface area contributed by atoms with Crippen molar-refractivity contribution in [3.8, 4) is 0 Å². The zero-order valence-electron chi connectivity index (χ0n) is 42.9. The minimum atomic E-state index is -1.98. The van der Waals surface area contributed by atoms with Gasteiger partial charge < -0.3 is 63.8 Å². The lowest BCUT2D eigenvalue weighted by Crippen LogP contribution is -2.60. The predicted molar refractivity (Wildman–Crippen MR) is 261 cm³/mol. The van der Waals surface area contributed by atoms with Crippen molar-refractivity contribution in [2.75, 3.05) is 33.9 Å². The molecule has 19 atom stereocenters. The average Bonchev–Trinajstić information content (AvgIpc) is 3.24. The van der Waals surface area contributed by atoms with E-state index in [2.05, 4.69) is 9.24 Å². The first-order chi connectivity index (χ1) is 30.4. The van der Waals surface area contributed by atoms with Crippen LogP contribution in [0.15, 0.2) is 0 Å². The Morgan fingerprint density at radius 2 is 1.44 bits per heavy atom. The number of rotatable bonds is 18. The zero-order chi connectivity index (χ0) is 49.0. The summed E-state index contributed by atoms with van der Waals surface area (Å²) in [4.78, 5) is 32.3. The monoisotopic (exact) mass is 985 g/mol. The summed E-state index contributed by atoms with van der Waals surface area (Å²) in [6, 6.07) is -1.21. The maximum absolute atomic E-state index is 14.5. The van der Waals surface area contributed by atoms with Crippen LogP contribution in [0.3, 0.4) is 0 Å². The van der Waals surface area contributed by atoms with Gasteiger partial charge in [-0.1, -0.05) is 65.7 Å². The van der Waals surface area contributed by atoms with Crippen molar-refractivity contribution >= 4 is 33.5 Å². The number of methoxy groups -OCH3 is 1.